The van der Waals surface area contributed by atoms with E-state index in [9.17, 15) is 4.79 Å². The van der Waals surface area contributed by atoms with Gasteiger partial charge in [0, 0.05) is 22.5 Å². The summed E-state index contributed by atoms with van der Waals surface area (Å²) >= 11 is 5.97. The Balaban J connectivity index is 1.75. The van der Waals surface area contributed by atoms with E-state index in [1.807, 2.05) is 24.3 Å². The molecule has 2 aromatic rings. The molecule has 0 spiro atoms. The predicted octanol–water partition coefficient (Wildman–Crippen LogP) is 3.83. The minimum Gasteiger partial charge on any atom is -0.493 e. The number of benzene rings is 2. The molecule has 0 unspecified atom stereocenters. The maximum absolute atomic E-state index is 12.7. The molecule has 1 aliphatic rings. The van der Waals surface area contributed by atoms with Crippen molar-refractivity contribution in [2.24, 2.45) is 0 Å². The van der Waals surface area contributed by atoms with Gasteiger partial charge in [-0.25, -0.2) is 0 Å². The summed E-state index contributed by atoms with van der Waals surface area (Å²) in [5.41, 5.74) is 1.67. The normalized spacial score (nSPS) is 14.5. The first kappa shape index (κ1) is 18.4. The SMILES string of the molecule is COc1cc(C(=O)NCC2(c3ccc(Cl)cc3)CC2)cc(OC)c1OC. The highest BCUT2D eigenvalue weighted by molar-refractivity contribution is 6.30. The van der Waals surface area contributed by atoms with Crippen LogP contribution in [-0.4, -0.2) is 33.8 Å². The van der Waals surface area contributed by atoms with Crippen LogP contribution >= 0.6 is 11.6 Å². The van der Waals surface area contributed by atoms with Gasteiger partial charge in [-0.2, -0.15) is 0 Å². The van der Waals surface area contributed by atoms with E-state index in [0.29, 0.717) is 34.4 Å². The highest BCUT2D eigenvalue weighted by Crippen LogP contribution is 2.48. The van der Waals surface area contributed by atoms with Crippen molar-refractivity contribution in [3.8, 4) is 17.2 Å². The van der Waals surface area contributed by atoms with E-state index >= 15 is 0 Å². The molecule has 0 saturated heterocycles. The van der Waals surface area contributed by atoms with Crippen molar-refractivity contribution in [2.75, 3.05) is 27.9 Å². The number of amides is 1. The van der Waals surface area contributed by atoms with Crippen LogP contribution in [0.1, 0.15) is 28.8 Å². The van der Waals surface area contributed by atoms with E-state index in [-0.39, 0.29) is 11.3 Å². The summed E-state index contributed by atoms with van der Waals surface area (Å²) in [4.78, 5) is 12.7. The van der Waals surface area contributed by atoms with Gasteiger partial charge >= 0.3 is 0 Å². The molecular weight excluding hydrogens is 354 g/mol. The summed E-state index contributed by atoms with van der Waals surface area (Å²) < 4.78 is 15.9. The predicted molar refractivity (Wildman–Crippen MR) is 101 cm³/mol. The van der Waals surface area contributed by atoms with E-state index in [2.05, 4.69) is 5.32 Å². The monoisotopic (exact) mass is 375 g/mol. The standard InChI is InChI=1S/C20H22ClNO4/c1-24-16-10-13(11-17(25-2)18(16)26-3)19(23)22-12-20(8-9-20)14-4-6-15(21)7-5-14/h4-7,10-11H,8-9,12H2,1-3H3,(H,22,23). The van der Waals surface area contributed by atoms with E-state index in [4.69, 9.17) is 25.8 Å². The Hall–Kier alpha value is -2.40. The smallest absolute Gasteiger partial charge is 0.251 e. The highest BCUT2D eigenvalue weighted by Gasteiger charge is 2.44. The summed E-state index contributed by atoms with van der Waals surface area (Å²) in [6.07, 6.45) is 2.09. The lowest BCUT2D eigenvalue weighted by molar-refractivity contribution is 0.0949. The summed E-state index contributed by atoms with van der Waals surface area (Å²) in [7, 11) is 4.58. The van der Waals surface area contributed by atoms with Crippen molar-refractivity contribution in [2.45, 2.75) is 18.3 Å². The number of ether oxygens (including phenoxy) is 3. The Morgan fingerprint density at radius 1 is 1.04 bits per heavy atom. The van der Waals surface area contributed by atoms with Crippen molar-refractivity contribution in [3.63, 3.8) is 0 Å². The summed E-state index contributed by atoms with van der Waals surface area (Å²) in [5, 5.41) is 3.74. The number of hydrogen-bond acceptors (Lipinski definition) is 4. The maximum Gasteiger partial charge on any atom is 0.251 e. The summed E-state index contributed by atoms with van der Waals surface area (Å²) in [6.45, 7) is 0.574. The molecule has 1 saturated carbocycles. The lowest BCUT2D eigenvalue weighted by Crippen LogP contribution is -2.32. The zero-order chi connectivity index (χ0) is 18.7. The number of carbonyl (C=O) groups is 1. The van der Waals surface area contributed by atoms with Crippen molar-refractivity contribution < 1.29 is 19.0 Å². The minimum atomic E-state index is -0.176. The van der Waals surface area contributed by atoms with Crippen LogP contribution in [0.3, 0.4) is 0 Å². The molecule has 0 heterocycles. The first-order valence-electron chi connectivity index (χ1n) is 8.37. The molecule has 138 valence electrons. The van der Waals surface area contributed by atoms with Gasteiger partial charge in [-0.05, 0) is 42.7 Å². The summed E-state index contributed by atoms with van der Waals surface area (Å²) in [5.74, 6) is 1.20. The van der Waals surface area contributed by atoms with Crippen LogP contribution in [0.5, 0.6) is 17.2 Å². The molecule has 6 heteroatoms. The fourth-order valence-electron chi connectivity index (χ4n) is 3.09. The zero-order valence-corrected chi connectivity index (χ0v) is 15.9. The van der Waals surface area contributed by atoms with Gasteiger partial charge < -0.3 is 19.5 Å². The van der Waals surface area contributed by atoms with Crippen molar-refractivity contribution in [1.29, 1.82) is 0 Å². The molecular formula is C20H22ClNO4. The third-order valence-electron chi connectivity index (χ3n) is 4.82. The highest BCUT2D eigenvalue weighted by atomic mass is 35.5. The van der Waals surface area contributed by atoms with Gasteiger partial charge in [0.2, 0.25) is 5.75 Å². The molecule has 0 aromatic heterocycles. The van der Waals surface area contributed by atoms with Crippen molar-refractivity contribution in [1.82, 2.24) is 5.32 Å². The number of carbonyl (C=O) groups excluding carboxylic acids is 1. The second-order valence-corrected chi connectivity index (χ2v) is 6.82. The Kier molecular flexibility index (Phi) is 5.28. The Bertz CT molecular complexity index is 775. The van der Waals surface area contributed by atoms with Gasteiger partial charge in [-0.15, -0.1) is 0 Å². The third-order valence-corrected chi connectivity index (χ3v) is 5.08. The number of rotatable bonds is 7. The van der Waals surface area contributed by atoms with Gasteiger partial charge in [0.05, 0.1) is 21.3 Å². The van der Waals surface area contributed by atoms with Crippen LogP contribution in [0.4, 0.5) is 0 Å². The lowest BCUT2D eigenvalue weighted by atomic mass is 9.96. The van der Waals surface area contributed by atoms with Gasteiger partial charge in [0.25, 0.3) is 5.91 Å². The average molecular weight is 376 g/mol. The third kappa shape index (κ3) is 3.58. The van der Waals surface area contributed by atoms with Gasteiger partial charge in [0.15, 0.2) is 11.5 Å². The lowest BCUT2D eigenvalue weighted by Gasteiger charge is -2.18. The molecule has 0 bridgehead atoms. The molecule has 1 amide bonds. The van der Waals surface area contributed by atoms with Gasteiger partial charge in [-0.3, -0.25) is 4.79 Å². The first-order valence-corrected chi connectivity index (χ1v) is 8.75. The fourth-order valence-corrected chi connectivity index (χ4v) is 3.21. The van der Waals surface area contributed by atoms with Crippen LogP contribution in [0.15, 0.2) is 36.4 Å². The van der Waals surface area contributed by atoms with Crippen molar-refractivity contribution in [3.05, 3.63) is 52.5 Å². The van der Waals surface area contributed by atoms with E-state index in [1.54, 1.807) is 12.1 Å². The summed E-state index contributed by atoms with van der Waals surface area (Å²) in [6, 6.07) is 11.1. The van der Waals surface area contributed by atoms with Crippen LogP contribution < -0.4 is 19.5 Å². The number of hydrogen-bond donors (Lipinski definition) is 1. The Morgan fingerprint density at radius 2 is 1.62 bits per heavy atom. The van der Waals surface area contributed by atoms with Crippen LogP contribution in [0, 0.1) is 0 Å². The largest absolute Gasteiger partial charge is 0.493 e. The quantitative estimate of drug-likeness (QED) is 0.799. The molecule has 1 aliphatic carbocycles. The van der Waals surface area contributed by atoms with Crippen LogP contribution in [0.25, 0.3) is 0 Å². The van der Waals surface area contributed by atoms with E-state index in [1.165, 1.54) is 26.9 Å². The topological polar surface area (TPSA) is 56.8 Å². The molecule has 1 N–H and O–H groups in total. The first-order chi connectivity index (χ1) is 12.5. The molecule has 5 nitrogen and oxygen atoms in total. The average Bonchev–Trinajstić information content (AvgIpc) is 3.46. The Labute approximate surface area is 158 Å². The van der Waals surface area contributed by atoms with Crippen LogP contribution in [0.2, 0.25) is 5.02 Å². The van der Waals surface area contributed by atoms with Crippen molar-refractivity contribution >= 4 is 17.5 Å². The molecule has 3 rings (SSSR count). The van der Waals surface area contributed by atoms with Gasteiger partial charge in [0.1, 0.15) is 0 Å². The maximum atomic E-state index is 12.7. The molecule has 26 heavy (non-hydrogen) atoms. The molecule has 1 fully saturated rings. The van der Waals surface area contributed by atoms with Crippen LogP contribution in [-0.2, 0) is 5.41 Å². The fraction of sp³-hybridized carbons (Fsp3) is 0.350. The zero-order valence-electron chi connectivity index (χ0n) is 15.1. The van der Waals surface area contributed by atoms with E-state index < -0.39 is 0 Å². The number of methoxy groups -OCH3 is 3. The minimum absolute atomic E-state index is 0.000885. The van der Waals surface area contributed by atoms with E-state index in [0.717, 1.165) is 12.8 Å². The second kappa shape index (κ2) is 7.46. The second-order valence-electron chi connectivity index (χ2n) is 6.38. The molecule has 0 radical (unpaired) electrons. The molecule has 0 aliphatic heterocycles. The Morgan fingerprint density at radius 3 is 2.08 bits per heavy atom. The molecule has 2 aromatic carbocycles. The number of halogens is 1. The van der Waals surface area contributed by atoms with Gasteiger partial charge in [-0.1, -0.05) is 23.7 Å². The molecule has 0 atom stereocenters. The number of nitrogens with one attached hydrogen (secondary N) is 1.